The van der Waals surface area contributed by atoms with Crippen molar-refractivity contribution in [2.24, 2.45) is 0 Å². The van der Waals surface area contributed by atoms with Gasteiger partial charge < -0.3 is 4.74 Å². The largest absolute Gasteiger partial charge is 0.465 e. The first-order chi connectivity index (χ1) is 8.91. The Morgan fingerprint density at radius 1 is 1.21 bits per heavy atom. The molecule has 0 fully saturated rings. The maximum absolute atomic E-state index is 11.3. The maximum Gasteiger partial charge on any atom is 0.337 e. The van der Waals surface area contributed by atoms with E-state index >= 15 is 0 Å². The molecule has 0 bridgehead atoms. The number of hydrogen-bond acceptors (Lipinski definition) is 5. The average molecular weight is 276 g/mol. The second kappa shape index (κ2) is 4.92. The molecule has 7 heteroatoms. The molecule has 1 heterocycles. The SMILES string of the molecule is COC(=O)c1ccc(-n2nnc([Si](C)(C)C)n2)cc1. The predicted molar refractivity (Wildman–Crippen MR) is 73.5 cm³/mol. The molecule has 6 nitrogen and oxygen atoms in total. The van der Waals surface area contributed by atoms with Gasteiger partial charge in [0, 0.05) is 0 Å². The van der Waals surface area contributed by atoms with Crippen LogP contribution in [-0.2, 0) is 4.74 Å². The third-order valence-electron chi connectivity index (χ3n) is 2.60. The number of aromatic nitrogens is 4. The molecular weight excluding hydrogens is 260 g/mol. The highest BCUT2D eigenvalue weighted by molar-refractivity contribution is 6.87. The Bertz CT molecular complexity index is 587. The van der Waals surface area contributed by atoms with Crippen LogP contribution in [0.2, 0.25) is 19.6 Å². The number of ether oxygens (including phenoxy) is 1. The van der Waals surface area contributed by atoms with Crippen molar-refractivity contribution >= 4 is 19.5 Å². The van der Waals surface area contributed by atoms with Crippen molar-refractivity contribution in [3.8, 4) is 5.69 Å². The first-order valence-corrected chi connectivity index (χ1v) is 9.41. The lowest BCUT2D eigenvalue weighted by atomic mass is 10.2. The van der Waals surface area contributed by atoms with E-state index in [9.17, 15) is 4.79 Å². The number of rotatable bonds is 3. The summed E-state index contributed by atoms with van der Waals surface area (Å²) < 4.78 is 4.65. The Balaban J connectivity index is 2.28. The van der Waals surface area contributed by atoms with Gasteiger partial charge in [-0.2, -0.15) is 0 Å². The smallest absolute Gasteiger partial charge is 0.337 e. The van der Waals surface area contributed by atoms with Crippen LogP contribution in [0.4, 0.5) is 0 Å². The number of carbonyl (C=O) groups is 1. The van der Waals surface area contributed by atoms with Crippen LogP contribution in [0.3, 0.4) is 0 Å². The molecule has 2 rings (SSSR count). The van der Waals surface area contributed by atoms with Gasteiger partial charge in [-0.25, -0.2) is 4.79 Å². The molecule has 0 amide bonds. The van der Waals surface area contributed by atoms with Crippen LogP contribution in [0.15, 0.2) is 24.3 Å². The van der Waals surface area contributed by atoms with Crippen LogP contribution in [0.1, 0.15) is 10.4 Å². The number of esters is 1. The van der Waals surface area contributed by atoms with E-state index in [0.29, 0.717) is 5.56 Å². The minimum absolute atomic E-state index is 0.360. The fourth-order valence-corrected chi connectivity index (χ4v) is 2.21. The molecule has 0 saturated heterocycles. The van der Waals surface area contributed by atoms with Crippen molar-refractivity contribution in [3.63, 3.8) is 0 Å². The number of methoxy groups -OCH3 is 1. The van der Waals surface area contributed by atoms with E-state index in [0.717, 1.165) is 11.1 Å². The third kappa shape index (κ3) is 2.87. The second-order valence-electron chi connectivity index (χ2n) is 5.19. The van der Waals surface area contributed by atoms with Gasteiger partial charge in [-0.05, 0) is 29.5 Å². The molecule has 0 aliphatic rings. The predicted octanol–water partition coefficient (Wildman–Crippen LogP) is 0.994. The minimum Gasteiger partial charge on any atom is -0.465 e. The van der Waals surface area contributed by atoms with Gasteiger partial charge >= 0.3 is 5.97 Å². The minimum atomic E-state index is -1.56. The zero-order valence-electron chi connectivity index (χ0n) is 11.4. The van der Waals surface area contributed by atoms with E-state index in [4.69, 9.17) is 0 Å². The zero-order valence-corrected chi connectivity index (χ0v) is 12.4. The lowest BCUT2D eigenvalue weighted by Gasteiger charge is -2.08. The summed E-state index contributed by atoms with van der Waals surface area (Å²) in [5, 5.41) is 12.5. The second-order valence-corrected chi connectivity index (χ2v) is 10.1. The van der Waals surface area contributed by atoms with Crippen molar-refractivity contribution in [1.82, 2.24) is 20.2 Å². The van der Waals surface area contributed by atoms with Gasteiger partial charge in [0.2, 0.25) is 0 Å². The molecule has 2 aromatic rings. The summed E-state index contributed by atoms with van der Waals surface area (Å²) >= 11 is 0. The third-order valence-corrected chi connectivity index (χ3v) is 4.15. The first-order valence-electron chi connectivity index (χ1n) is 5.91. The van der Waals surface area contributed by atoms with E-state index in [1.807, 2.05) is 0 Å². The molecule has 0 aliphatic carbocycles. The molecule has 0 unspecified atom stereocenters. The first kappa shape index (κ1) is 13.4. The van der Waals surface area contributed by atoms with Crippen LogP contribution in [0.5, 0.6) is 0 Å². The fourth-order valence-electron chi connectivity index (χ4n) is 1.47. The molecule has 0 aliphatic heterocycles. The Labute approximate surface area is 112 Å². The molecular formula is C12H16N4O2Si. The lowest BCUT2D eigenvalue weighted by molar-refractivity contribution is 0.0600. The van der Waals surface area contributed by atoms with Gasteiger partial charge in [0.1, 0.15) is 8.07 Å². The van der Waals surface area contributed by atoms with E-state index in [1.54, 1.807) is 24.3 Å². The molecule has 0 radical (unpaired) electrons. The average Bonchev–Trinajstić information content (AvgIpc) is 2.87. The topological polar surface area (TPSA) is 69.9 Å². The normalized spacial score (nSPS) is 11.4. The number of tetrazole rings is 1. The quantitative estimate of drug-likeness (QED) is 0.618. The maximum atomic E-state index is 11.3. The van der Waals surface area contributed by atoms with Crippen LogP contribution < -0.4 is 5.45 Å². The van der Waals surface area contributed by atoms with Crippen LogP contribution in [0, 0.1) is 0 Å². The van der Waals surface area contributed by atoms with Crippen LogP contribution in [-0.4, -0.2) is 41.4 Å². The van der Waals surface area contributed by atoms with Gasteiger partial charge in [0.05, 0.1) is 18.4 Å². The van der Waals surface area contributed by atoms with Gasteiger partial charge in [0.25, 0.3) is 0 Å². The standard InChI is InChI=1S/C12H16N4O2Si/c1-18-11(17)9-5-7-10(8-6-9)16-14-12(13-15-16)19(2,3)4/h5-8H,1-4H3. The number of carbonyl (C=O) groups excluding carboxylic acids is 1. The van der Waals surface area contributed by atoms with Gasteiger partial charge in [-0.15, -0.1) is 15.0 Å². The van der Waals surface area contributed by atoms with Crippen molar-refractivity contribution in [3.05, 3.63) is 29.8 Å². The molecule has 1 aromatic carbocycles. The van der Waals surface area contributed by atoms with Gasteiger partial charge in [0.15, 0.2) is 5.45 Å². The van der Waals surface area contributed by atoms with E-state index in [-0.39, 0.29) is 5.97 Å². The molecule has 0 spiro atoms. The summed E-state index contributed by atoms with van der Waals surface area (Å²) in [5.41, 5.74) is 2.07. The number of nitrogens with zero attached hydrogens (tertiary/aromatic N) is 4. The van der Waals surface area contributed by atoms with Crippen molar-refractivity contribution < 1.29 is 9.53 Å². The fraction of sp³-hybridized carbons (Fsp3) is 0.333. The number of hydrogen-bond donors (Lipinski definition) is 0. The highest BCUT2D eigenvalue weighted by Gasteiger charge is 2.23. The zero-order chi connectivity index (χ0) is 14.0. The highest BCUT2D eigenvalue weighted by atomic mass is 28.3. The molecule has 0 saturated carbocycles. The summed E-state index contributed by atoms with van der Waals surface area (Å²) in [6.45, 7) is 6.48. The summed E-state index contributed by atoms with van der Waals surface area (Å²) in [5.74, 6) is -0.360. The number of benzene rings is 1. The van der Waals surface area contributed by atoms with E-state index in [2.05, 4.69) is 39.8 Å². The molecule has 0 N–H and O–H groups in total. The highest BCUT2D eigenvalue weighted by Crippen LogP contribution is 2.08. The van der Waals surface area contributed by atoms with Crippen LogP contribution >= 0.6 is 0 Å². The van der Waals surface area contributed by atoms with Crippen LogP contribution in [0.25, 0.3) is 5.69 Å². The monoisotopic (exact) mass is 276 g/mol. The Hall–Kier alpha value is -2.02. The molecule has 1 aromatic heterocycles. The van der Waals surface area contributed by atoms with Crippen molar-refractivity contribution in [2.45, 2.75) is 19.6 Å². The Morgan fingerprint density at radius 3 is 2.32 bits per heavy atom. The lowest BCUT2D eigenvalue weighted by Crippen LogP contribution is -2.41. The van der Waals surface area contributed by atoms with E-state index < -0.39 is 8.07 Å². The molecule has 19 heavy (non-hydrogen) atoms. The summed E-state index contributed by atoms with van der Waals surface area (Å²) in [4.78, 5) is 12.8. The molecule has 100 valence electrons. The summed E-state index contributed by atoms with van der Waals surface area (Å²) in [6.07, 6.45) is 0. The van der Waals surface area contributed by atoms with Crippen molar-refractivity contribution in [2.75, 3.05) is 7.11 Å². The van der Waals surface area contributed by atoms with Gasteiger partial charge in [-0.3, -0.25) is 0 Å². The molecule has 0 atom stereocenters. The van der Waals surface area contributed by atoms with Gasteiger partial charge in [-0.1, -0.05) is 19.6 Å². The van der Waals surface area contributed by atoms with E-state index in [1.165, 1.54) is 11.9 Å². The Morgan fingerprint density at radius 2 is 1.84 bits per heavy atom. The summed E-state index contributed by atoms with van der Waals surface area (Å²) in [6, 6.07) is 6.89. The Kier molecular flexibility index (Phi) is 3.48. The van der Waals surface area contributed by atoms with Crippen molar-refractivity contribution in [1.29, 1.82) is 0 Å². The summed E-state index contributed by atoms with van der Waals surface area (Å²) in [7, 11) is -0.203.